The van der Waals surface area contributed by atoms with Crippen molar-refractivity contribution in [3.63, 3.8) is 0 Å². The van der Waals surface area contributed by atoms with Crippen molar-refractivity contribution in [2.75, 3.05) is 44.8 Å². The van der Waals surface area contributed by atoms with E-state index in [0.29, 0.717) is 13.0 Å². The van der Waals surface area contributed by atoms with Crippen molar-refractivity contribution in [3.05, 3.63) is 23.9 Å². The van der Waals surface area contributed by atoms with E-state index in [0.717, 1.165) is 50.7 Å². The molecule has 1 aromatic heterocycles. The van der Waals surface area contributed by atoms with Gasteiger partial charge in [-0.3, -0.25) is 4.79 Å². The third kappa shape index (κ3) is 4.99. The lowest BCUT2D eigenvalue weighted by Gasteiger charge is -2.29. The van der Waals surface area contributed by atoms with Crippen molar-refractivity contribution >= 4 is 11.7 Å². The molecule has 1 aliphatic heterocycles. The Morgan fingerprint density at radius 2 is 2.24 bits per heavy atom. The van der Waals surface area contributed by atoms with E-state index in [9.17, 15) is 4.79 Å². The number of hydrogen-bond acceptors (Lipinski definition) is 5. The standard InChI is InChI=1S/C15H24N4O2/c1-16-6-3-5-14(20)18-12-13-4-2-7-17-15(13)19-8-10-21-11-9-19/h2,4,7,16H,3,5-6,8-12H2,1H3,(H,18,20). The molecular weight excluding hydrogens is 268 g/mol. The molecule has 2 rings (SSSR count). The van der Waals surface area contributed by atoms with Gasteiger partial charge in [-0.1, -0.05) is 6.07 Å². The molecule has 0 spiro atoms. The zero-order chi connectivity index (χ0) is 14.9. The number of hydrogen-bond donors (Lipinski definition) is 2. The first-order valence-corrected chi connectivity index (χ1v) is 7.49. The Hall–Kier alpha value is -1.66. The monoisotopic (exact) mass is 292 g/mol. The number of rotatable bonds is 7. The number of ether oxygens (including phenoxy) is 1. The molecule has 116 valence electrons. The Kier molecular flexibility index (Phi) is 6.43. The topological polar surface area (TPSA) is 66.5 Å². The molecular formula is C15H24N4O2. The van der Waals surface area contributed by atoms with Crippen LogP contribution < -0.4 is 15.5 Å². The molecule has 1 aliphatic rings. The summed E-state index contributed by atoms with van der Waals surface area (Å²) in [6.07, 6.45) is 3.20. The summed E-state index contributed by atoms with van der Waals surface area (Å²) >= 11 is 0. The molecule has 1 saturated heterocycles. The van der Waals surface area contributed by atoms with Crippen LogP contribution in [0.15, 0.2) is 18.3 Å². The van der Waals surface area contributed by atoms with E-state index in [2.05, 4.69) is 20.5 Å². The molecule has 6 heteroatoms. The van der Waals surface area contributed by atoms with Crippen molar-refractivity contribution < 1.29 is 9.53 Å². The van der Waals surface area contributed by atoms with Crippen molar-refractivity contribution in [2.24, 2.45) is 0 Å². The van der Waals surface area contributed by atoms with Gasteiger partial charge in [0.25, 0.3) is 0 Å². The fraction of sp³-hybridized carbons (Fsp3) is 0.600. The summed E-state index contributed by atoms with van der Waals surface area (Å²) in [5.41, 5.74) is 1.06. The smallest absolute Gasteiger partial charge is 0.220 e. The largest absolute Gasteiger partial charge is 0.378 e. The maximum absolute atomic E-state index is 11.8. The number of nitrogens with zero attached hydrogens (tertiary/aromatic N) is 2. The number of anilines is 1. The van der Waals surface area contributed by atoms with Crippen molar-refractivity contribution in [2.45, 2.75) is 19.4 Å². The van der Waals surface area contributed by atoms with Crippen LogP contribution in [0, 0.1) is 0 Å². The summed E-state index contributed by atoms with van der Waals surface area (Å²) in [7, 11) is 1.89. The molecule has 1 amide bonds. The van der Waals surface area contributed by atoms with Crippen LogP contribution in [0.4, 0.5) is 5.82 Å². The second kappa shape index (κ2) is 8.59. The Labute approximate surface area is 125 Å². The van der Waals surface area contributed by atoms with Crippen molar-refractivity contribution in [1.82, 2.24) is 15.6 Å². The van der Waals surface area contributed by atoms with Crippen LogP contribution in [-0.4, -0.2) is 50.8 Å². The number of nitrogens with one attached hydrogen (secondary N) is 2. The Morgan fingerprint density at radius 3 is 3.00 bits per heavy atom. The van der Waals surface area contributed by atoms with Crippen LogP contribution in [0.25, 0.3) is 0 Å². The number of morpholine rings is 1. The first kappa shape index (κ1) is 15.7. The summed E-state index contributed by atoms with van der Waals surface area (Å²) in [6.45, 7) is 4.54. The summed E-state index contributed by atoms with van der Waals surface area (Å²) < 4.78 is 5.37. The normalized spacial score (nSPS) is 15.0. The third-order valence-corrected chi connectivity index (χ3v) is 3.48. The Morgan fingerprint density at radius 1 is 1.43 bits per heavy atom. The van der Waals surface area contributed by atoms with Gasteiger partial charge in [0, 0.05) is 37.8 Å². The molecule has 1 fully saturated rings. The van der Waals surface area contributed by atoms with Gasteiger partial charge in [-0.15, -0.1) is 0 Å². The van der Waals surface area contributed by atoms with E-state index in [1.54, 1.807) is 6.20 Å². The van der Waals surface area contributed by atoms with Crippen molar-refractivity contribution in [1.29, 1.82) is 0 Å². The maximum atomic E-state index is 11.8. The molecule has 1 aromatic rings. The Balaban J connectivity index is 1.89. The van der Waals surface area contributed by atoms with Crippen LogP contribution in [0.5, 0.6) is 0 Å². The van der Waals surface area contributed by atoms with Gasteiger partial charge < -0.3 is 20.3 Å². The fourth-order valence-electron chi connectivity index (χ4n) is 2.34. The quantitative estimate of drug-likeness (QED) is 0.718. The van der Waals surface area contributed by atoms with Gasteiger partial charge in [-0.05, 0) is 26.1 Å². The number of pyridine rings is 1. The maximum Gasteiger partial charge on any atom is 0.220 e. The van der Waals surface area contributed by atoms with Gasteiger partial charge in [0.15, 0.2) is 0 Å². The molecule has 2 N–H and O–H groups in total. The van der Waals surface area contributed by atoms with Gasteiger partial charge in [0.2, 0.25) is 5.91 Å². The molecule has 2 heterocycles. The summed E-state index contributed by atoms with van der Waals surface area (Å²) in [6, 6.07) is 3.93. The van der Waals surface area contributed by atoms with Gasteiger partial charge in [0.05, 0.1) is 13.2 Å². The van der Waals surface area contributed by atoms with Crippen LogP contribution in [-0.2, 0) is 16.1 Å². The van der Waals surface area contributed by atoms with E-state index in [1.165, 1.54) is 0 Å². The first-order valence-electron chi connectivity index (χ1n) is 7.49. The van der Waals surface area contributed by atoms with Crippen LogP contribution in [0.2, 0.25) is 0 Å². The lowest BCUT2D eigenvalue weighted by molar-refractivity contribution is -0.121. The predicted octanol–water partition coefficient (Wildman–Crippen LogP) is 0.534. The summed E-state index contributed by atoms with van der Waals surface area (Å²) in [5.74, 6) is 1.04. The van der Waals surface area contributed by atoms with E-state index in [1.807, 2.05) is 19.2 Å². The zero-order valence-corrected chi connectivity index (χ0v) is 12.6. The highest BCUT2D eigenvalue weighted by atomic mass is 16.5. The second-order valence-corrected chi connectivity index (χ2v) is 5.07. The highest BCUT2D eigenvalue weighted by Gasteiger charge is 2.15. The van der Waals surface area contributed by atoms with Gasteiger partial charge in [-0.25, -0.2) is 4.98 Å². The number of aromatic nitrogens is 1. The van der Waals surface area contributed by atoms with Crippen LogP contribution in [0.1, 0.15) is 18.4 Å². The Bertz CT molecular complexity index is 447. The average Bonchev–Trinajstić information content (AvgIpc) is 2.54. The number of amides is 1. The van der Waals surface area contributed by atoms with Gasteiger partial charge in [0.1, 0.15) is 5.82 Å². The zero-order valence-electron chi connectivity index (χ0n) is 12.6. The SMILES string of the molecule is CNCCCC(=O)NCc1cccnc1N1CCOCC1. The molecule has 6 nitrogen and oxygen atoms in total. The number of carbonyl (C=O) groups excluding carboxylic acids is 1. The lowest BCUT2D eigenvalue weighted by atomic mass is 10.2. The minimum atomic E-state index is 0.0852. The third-order valence-electron chi connectivity index (χ3n) is 3.48. The molecule has 0 atom stereocenters. The van der Waals surface area contributed by atoms with Gasteiger partial charge in [-0.2, -0.15) is 0 Å². The van der Waals surface area contributed by atoms with E-state index < -0.39 is 0 Å². The first-order chi connectivity index (χ1) is 10.3. The molecule has 0 unspecified atom stereocenters. The molecule has 0 aliphatic carbocycles. The molecule has 21 heavy (non-hydrogen) atoms. The number of carbonyl (C=O) groups is 1. The van der Waals surface area contributed by atoms with Crippen molar-refractivity contribution in [3.8, 4) is 0 Å². The fourth-order valence-corrected chi connectivity index (χ4v) is 2.34. The predicted molar refractivity (Wildman–Crippen MR) is 82.3 cm³/mol. The van der Waals surface area contributed by atoms with E-state index in [4.69, 9.17) is 4.74 Å². The molecule has 0 radical (unpaired) electrons. The average molecular weight is 292 g/mol. The van der Waals surface area contributed by atoms with Crippen LogP contribution in [0.3, 0.4) is 0 Å². The molecule has 0 aromatic carbocycles. The minimum Gasteiger partial charge on any atom is -0.378 e. The lowest BCUT2D eigenvalue weighted by Crippen LogP contribution is -2.37. The summed E-state index contributed by atoms with van der Waals surface area (Å²) in [4.78, 5) is 18.5. The second-order valence-electron chi connectivity index (χ2n) is 5.07. The van der Waals surface area contributed by atoms with E-state index >= 15 is 0 Å². The molecule has 0 saturated carbocycles. The minimum absolute atomic E-state index is 0.0852. The highest BCUT2D eigenvalue weighted by molar-refractivity contribution is 5.76. The van der Waals surface area contributed by atoms with Crippen LogP contribution >= 0.6 is 0 Å². The summed E-state index contributed by atoms with van der Waals surface area (Å²) in [5, 5.41) is 6.01. The van der Waals surface area contributed by atoms with Gasteiger partial charge >= 0.3 is 0 Å². The molecule has 0 bridgehead atoms. The van der Waals surface area contributed by atoms with E-state index in [-0.39, 0.29) is 5.91 Å². The highest BCUT2D eigenvalue weighted by Crippen LogP contribution is 2.18.